The predicted molar refractivity (Wildman–Crippen MR) is 111 cm³/mol. The van der Waals surface area contributed by atoms with Crippen LogP contribution in [0, 0.1) is 6.92 Å². The molecule has 0 radical (unpaired) electrons. The third-order valence-electron chi connectivity index (χ3n) is 4.61. The van der Waals surface area contributed by atoms with Crippen molar-refractivity contribution < 1.29 is 14.4 Å². The minimum absolute atomic E-state index is 0.152. The molecule has 6 heteroatoms. The third kappa shape index (κ3) is 4.65. The number of benzene rings is 2. The summed E-state index contributed by atoms with van der Waals surface area (Å²) in [5, 5.41) is 5.57. The molecule has 28 heavy (non-hydrogen) atoms. The normalized spacial score (nSPS) is 13.8. The summed E-state index contributed by atoms with van der Waals surface area (Å²) in [6, 6.07) is 12.9. The lowest BCUT2D eigenvalue weighted by Gasteiger charge is -2.15. The minimum Gasteiger partial charge on any atom is -0.326 e. The Morgan fingerprint density at radius 3 is 2.32 bits per heavy atom. The van der Waals surface area contributed by atoms with Crippen molar-refractivity contribution in [2.45, 2.75) is 26.7 Å². The second-order valence-corrected chi connectivity index (χ2v) is 6.72. The Labute approximate surface area is 164 Å². The van der Waals surface area contributed by atoms with Crippen molar-refractivity contribution >= 4 is 40.9 Å². The third-order valence-corrected chi connectivity index (χ3v) is 4.61. The van der Waals surface area contributed by atoms with Crippen molar-refractivity contribution in [2.24, 2.45) is 0 Å². The Hall–Kier alpha value is -3.41. The molecular weight excluding hydrogens is 354 g/mol. The van der Waals surface area contributed by atoms with Gasteiger partial charge in [0.15, 0.2) is 0 Å². The highest BCUT2D eigenvalue weighted by atomic mass is 16.2. The van der Waals surface area contributed by atoms with E-state index in [1.54, 1.807) is 29.2 Å². The zero-order valence-corrected chi connectivity index (χ0v) is 16.0. The first-order chi connectivity index (χ1) is 13.4. The molecule has 144 valence electrons. The van der Waals surface area contributed by atoms with Gasteiger partial charge in [0.2, 0.25) is 17.7 Å². The average Bonchev–Trinajstić information content (AvgIpc) is 3.09. The number of anilines is 3. The average molecular weight is 377 g/mol. The highest BCUT2D eigenvalue weighted by Gasteiger charge is 2.21. The van der Waals surface area contributed by atoms with Crippen LogP contribution >= 0.6 is 0 Å². The van der Waals surface area contributed by atoms with Crippen LogP contribution in [0.25, 0.3) is 6.08 Å². The molecule has 0 bridgehead atoms. The lowest BCUT2D eigenvalue weighted by molar-refractivity contribution is -0.117. The van der Waals surface area contributed by atoms with Crippen molar-refractivity contribution in [2.75, 3.05) is 22.1 Å². The summed E-state index contributed by atoms with van der Waals surface area (Å²) in [4.78, 5) is 37.1. The summed E-state index contributed by atoms with van der Waals surface area (Å²) in [6.07, 6.45) is 4.67. The minimum atomic E-state index is -0.262. The molecule has 6 nitrogen and oxygen atoms in total. The molecule has 0 spiro atoms. The lowest BCUT2D eigenvalue weighted by atomic mass is 10.1. The van der Waals surface area contributed by atoms with Crippen LogP contribution in [0.1, 0.15) is 30.9 Å². The molecule has 0 unspecified atom stereocenters. The van der Waals surface area contributed by atoms with E-state index in [9.17, 15) is 14.4 Å². The van der Waals surface area contributed by atoms with Crippen LogP contribution in [-0.4, -0.2) is 24.3 Å². The molecule has 2 N–H and O–H groups in total. The van der Waals surface area contributed by atoms with Crippen molar-refractivity contribution in [3.05, 3.63) is 59.7 Å². The second-order valence-electron chi connectivity index (χ2n) is 6.72. The Morgan fingerprint density at radius 1 is 1.04 bits per heavy atom. The van der Waals surface area contributed by atoms with E-state index in [-0.39, 0.29) is 17.7 Å². The van der Waals surface area contributed by atoms with Crippen LogP contribution in [0.4, 0.5) is 17.1 Å². The molecule has 0 atom stereocenters. The van der Waals surface area contributed by atoms with Crippen LogP contribution in [0.3, 0.4) is 0 Å². The number of nitrogens with one attached hydrogen (secondary N) is 2. The zero-order chi connectivity index (χ0) is 20.1. The first-order valence-corrected chi connectivity index (χ1v) is 9.21. The van der Waals surface area contributed by atoms with E-state index in [0.29, 0.717) is 17.8 Å². The summed E-state index contributed by atoms with van der Waals surface area (Å²) < 4.78 is 0. The molecule has 3 amide bonds. The maximum Gasteiger partial charge on any atom is 0.248 e. The maximum absolute atomic E-state index is 12.3. The SMILES string of the molecule is CC(=O)Nc1cccc(NC(=O)/C=C/c2ccc(N3CCCC3=O)cc2)c1C. The Bertz CT molecular complexity index is 933. The molecule has 1 aliphatic rings. The van der Waals surface area contributed by atoms with Gasteiger partial charge >= 0.3 is 0 Å². The van der Waals surface area contributed by atoms with Gasteiger partial charge < -0.3 is 15.5 Å². The Morgan fingerprint density at radius 2 is 1.71 bits per heavy atom. The number of carbonyl (C=O) groups is 3. The summed E-state index contributed by atoms with van der Waals surface area (Å²) >= 11 is 0. The van der Waals surface area contributed by atoms with Crippen molar-refractivity contribution in [3.8, 4) is 0 Å². The van der Waals surface area contributed by atoms with Crippen molar-refractivity contribution in [1.82, 2.24) is 0 Å². The smallest absolute Gasteiger partial charge is 0.248 e. The van der Waals surface area contributed by atoms with Gasteiger partial charge in [-0.1, -0.05) is 18.2 Å². The molecule has 2 aromatic rings. The van der Waals surface area contributed by atoms with Gasteiger partial charge in [0, 0.05) is 43.0 Å². The number of nitrogens with zero attached hydrogens (tertiary/aromatic N) is 1. The molecule has 0 aliphatic carbocycles. The van der Waals surface area contributed by atoms with E-state index in [0.717, 1.165) is 29.8 Å². The maximum atomic E-state index is 12.3. The van der Waals surface area contributed by atoms with E-state index in [1.165, 1.54) is 13.0 Å². The van der Waals surface area contributed by atoms with Gasteiger partial charge in [-0.25, -0.2) is 0 Å². The van der Waals surface area contributed by atoms with Crippen LogP contribution in [-0.2, 0) is 14.4 Å². The summed E-state index contributed by atoms with van der Waals surface area (Å²) in [5.41, 5.74) is 3.85. The van der Waals surface area contributed by atoms with Gasteiger partial charge in [-0.2, -0.15) is 0 Å². The fraction of sp³-hybridized carbons (Fsp3) is 0.227. The fourth-order valence-corrected chi connectivity index (χ4v) is 3.13. The predicted octanol–water partition coefficient (Wildman–Crippen LogP) is 3.73. The van der Waals surface area contributed by atoms with Gasteiger partial charge in [-0.15, -0.1) is 0 Å². The summed E-state index contributed by atoms with van der Waals surface area (Å²) in [5.74, 6) is -0.271. The topological polar surface area (TPSA) is 78.5 Å². The highest BCUT2D eigenvalue weighted by molar-refractivity contribution is 6.03. The second kappa shape index (κ2) is 8.52. The van der Waals surface area contributed by atoms with Gasteiger partial charge in [0.1, 0.15) is 0 Å². The molecule has 1 heterocycles. The molecular formula is C22H23N3O3. The molecule has 1 aliphatic heterocycles. The lowest BCUT2D eigenvalue weighted by Crippen LogP contribution is -2.23. The molecule has 3 rings (SSSR count). The van der Waals surface area contributed by atoms with E-state index in [4.69, 9.17) is 0 Å². The van der Waals surface area contributed by atoms with Crippen molar-refractivity contribution in [1.29, 1.82) is 0 Å². The van der Waals surface area contributed by atoms with Crippen LogP contribution in [0.2, 0.25) is 0 Å². The molecule has 0 saturated carbocycles. The monoisotopic (exact) mass is 377 g/mol. The zero-order valence-electron chi connectivity index (χ0n) is 16.0. The van der Waals surface area contributed by atoms with Gasteiger partial charge in [-0.05, 0) is 54.8 Å². The molecule has 1 saturated heterocycles. The summed E-state index contributed by atoms with van der Waals surface area (Å²) in [6.45, 7) is 4.04. The highest BCUT2D eigenvalue weighted by Crippen LogP contribution is 2.24. The Balaban J connectivity index is 1.64. The Kier molecular flexibility index (Phi) is 5.89. The van der Waals surface area contributed by atoms with E-state index >= 15 is 0 Å². The van der Waals surface area contributed by atoms with Crippen LogP contribution < -0.4 is 15.5 Å². The van der Waals surface area contributed by atoms with Crippen LogP contribution in [0.15, 0.2) is 48.5 Å². The largest absolute Gasteiger partial charge is 0.326 e. The van der Waals surface area contributed by atoms with E-state index in [2.05, 4.69) is 10.6 Å². The number of carbonyl (C=O) groups excluding carboxylic acids is 3. The fourth-order valence-electron chi connectivity index (χ4n) is 3.13. The molecule has 2 aromatic carbocycles. The first-order valence-electron chi connectivity index (χ1n) is 9.21. The number of hydrogen-bond acceptors (Lipinski definition) is 3. The van der Waals surface area contributed by atoms with E-state index < -0.39 is 0 Å². The standard InChI is InChI=1S/C22H23N3O3/c1-15-19(23-16(2)26)5-3-6-20(15)24-21(27)13-10-17-8-11-18(12-9-17)25-14-4-7-22(25)28/h3,5-6,8-13H,4,7,14H2,1-2H3,(H,23,26)(H,24,27)/b13-10+. The quantitative estimate of drug-likeness (QED) is 0.779. The van der Waals surface area contributed by atoms with Crippen molar-refractivity contribution in [3.63, 3.8) is 0 Å². The van der Waals surface area contributed by atoms with Gasteiger partial charge in [-0.3, -0.25) is 14.4 Å². The number of rotatable bonds is 5. The van der Waals surface area contributed by atoms with Crippen LogP contribution in [0.5, 0.6) is 0 Å². The first kappa shape index (κ1) is 19.4. The molecule has 1 fully saturated rings. The van der Waals surface area contributed by atoms with E-state index in [1.807, 2.05) is 31.2 Å². The molecule has 0 aromatic heterocycles. The number of amides is 3. The number of hydrogen-bond donors (Lipinski definition) is 2. The van der Waals surface area contributed by atoms with Gasteiger partial charge in [0.25, 0.3) is 0 Å². The van der Waals surface area contributed by atoms with Gasteiger partial charge in [0.05, 0.1) is 0 Å². The summed E-state index contributed by atoms with van der Waals surface area (Å²) in [7, 11) is 0.